The van der Waals surface area contributed by atoms with Gasteiger partial charge in [-0.3, -0.25) is 0 Å². The fraction of sp³-hybridized carbons (Fsp3) is 0.278. The molecule has 0 spiro atoms. The summed E-state index contributed by atoms with van der Waals surface area (Å²) in [4.78, 5) is 11.9. The van der Waals surface area contributed by atoms with Crippen molar-refractivity contribution in [2.45, 2.75) is 19.9 Å². The minimum atomic E-state index is -0.771. The number of halogens is 2. The molecule has 6 heteroatoms. The maximum absolute atomic E-state index is 13.4. The molecule has 128 valence electrons. The highest BCUT2D eigenvalue weighted by Gasteiger charge is 2.11. The van der Waals surface area contributed by atoms with Gasteiger partial charge in [-0.2, -0.15) is 0 Å². The molecule has 1 atom stereocenters. The molecule has 0 aliphatic carbocycles. The van der Waals surface area contributed by atoms with E-state index in [2.05, 4.69) is 10.6 Å². The summed E-state index contributed by atoms with van der Waals surface area (Å²) in [5, 5.41) is 5.46. The number of nitrogens with one attached hydrogen (secondary N) is 2. The van der Waals surface area contributed by atoms with Crippen LogP contribution in [0.2, 0.25) is 0 Å². The van der Waals surface area contributed by atoms with E-state index in [9.17, 15) is 13.6 Å². The van der Waals surface area contributed by atoms with Crippen molar-refractivity contribution >= 4 is 6.03 Å². The second-order valence-corrected chi connectivity index (χ2v) is 5.40. The standard InChI is InChI=1S/C18H20F2N2O2/c1-12-5-3-4-6-15(12)13(2)22-18(23)21-9-10-24-17-8-7-14(19)11-16(17)20/h3-8,11,13H,9-10H2,1-2H3,(H2,21,22,23). The SMILES string of the molecule is Cc1ccccc1C(C)NC(=O)NCCOc1ccc(F)cc1F. The highest BCUT2D eigenvalue weighted by Crippen LogP contribution is 2.17. The van der Waals surface area contributed by atoms with Gasteiger partial charge in [0.2, 0.25) is 0 Å². The van der Waals surface area contributed by atoms with Gasteiger partial charge in [-0.15, -0.1) is 0 Å². The number of carbonyl (C=O) groups is 1. The Morgan fingerprint density at radius 1 is 1.21 bits per heavy atom. The number of ether oxygens (including phenoxy) is 1. The van der Waals surface area contributed by atoms with Crippen LogP contribution in [0.15, 0.2) is 42.5 Å². The summed E-state index contributed by atoms with van der Waals surface area (Å²) in [7, 11) is 0. The quantitative estimate of drug-likeness (QED) is 0.791. The maximum Gasteiger partial charge on any atom is 0.315 e. The summed E-state index contributed by atoms with van der Waals surface area (Å²) >= 11 is 0. The summed E-state index contributed by atoms with van der Waals surface area (Å²) in [5.74, 6) is -1.48. The van der Waals surface area contributed by atoms with E-state index in [-0.39, 0.29) is 31.0 Å². The van der Waals surface area contributed by atoms with Crippen molar-refractivity contribution in [1.29, 1.82) is 0 Å². The molecule has 0 bridgehead atoms. The second kappa shape index (κ2) is 8.29. The predicted molar refractivity (Wildman–Crippen MR) is 88.0 cm³/mol. The van der Waals surface area contributed by atoms with Gasteiger partial charge in [-0.1, -0.05) is 24.3 Å². The highest BCUT2D eigenvalue weighted by atomic mass is 19.1. The summed E-state index contributed by atoms with van der Waals surface area (Å²) in [6.45, 7) is 4.15. The number of benzene rings is 2. The first-order valence-corrected chi connectivity index (χ1v) is 7.65. The summed E-state index contributed by atoms with van der Waals surface area (Å²) < 4.78 is 31.3. The summed E-state index contributed by atoms with van der Waals surface area (Å²) in [6, 6.07) is 10.4. The van der Waals surface area contributed by atoms with Crippen LogP contribution in [-0.2, 0) is 0 Å². The minimum absolute atomic E-state index is 0.0492. The topological polar surface area (TPSA) is 50.4 Å². The molecule has 4 nitrogen and oxygen atoms in total. The van der Waals surface area contributed by atoms with E-state index in [0.29, 0.717) is 0 Å². The zero-order valence-corrected chi connectivity index (χ0v) is 13.6. The molecule has 2 aromatic rings. The zero-order valence-electron chi connectivity index (χ0n) is 13.6. The molecule has 0 saturated heterocycles. The fourth-order valence-electron chi connectivity index (χ4n) is 2.32. The average Bonchev–Trinajstić information content (AvgIpc) is 2.53. The predicted octanol–water partition coefficient (Wildman–Crippen LogP) is 3.71. The third kappa shape index (κ3) is 4.94. The smallest absolute Gasteiger partial charge is 0.315 e. The Labute approximate surface area is 139 Å². The first kappa shape index (κ1) is 17.7. The van der Waals surface area contributed by atoms with Gasteiger partial charge in [0, 0.05) is 6.07 Å². The van der Waals surface area contributed by atoms with Crippen LogP contribution in [0, 0.1) is 18.6 Å². The Kier molecular flexibility index (Phi) is 6.12. The molecular formula is C18H20F2N2O2. The summed E-state index contributed by atoms with van der Waals surface area (Å²) in [5.41, 5.74) is 2.14. The minimum Gasteiger partial charge on any atom is -0.489 e. The molecule has 0 aromatic heterocycles. The van der Waals surface area contributed by atoms with Gasteiger partial charge >= 0.3 is 6.03 Å². The van der Waals surface area contributed by atoms with Crippen LogP contribution in [-0.4, -0.2) is 19.2 Å². The third-order valence-corrected chi connectivity index (χ3v) is 3.54. The molecule has 1 unspecified atom stereocenters. The van der Waals surface area contributed by atoms with Crippen molar-refractivity contribution in [2.75, 3.05) is 13.2 Å². The Hall–Kier alpha value is -2.63. The van der Waals surface area contributed by atoms with Gasteiger partial charge in [0.25, 0.3) is 0 Å². The Morgan fingerprint density at radius 3 is 2.67 bits per heavy atom. The molecule has 2 amide bonds. The Bertz CT molecular complexity index is 707. The number of rotatable bonds is 6. The molecule has 0 aliphatic heterocycles. The van der Waals surface area contributed by atoms with Gasteiger partial charge in [0.15, 0.2) is 11.6 Å². The Morgan fingerprint density at radius 2 is 1.96 bits per heavy atom. The molecule has 0 radical (unpaired) electrons. The van der Waals surface area contributed by atoms with Gasteiger partial charge < -0.3 is 15.4 Å². The van der Waals surface area contributed by atoms with E-state index < -0.39 is 11.6 Å². The molecule has 2 rings (SSSR count). The maximum atomic E-state index is 13.4. The van der Waals surface area contributed by atoms with Crippen LogP contribution in [0.4, 0.5) is 13.6 Å². The lowest BCUT2D eigenvalue weighted by Crippen LogP contribution is -2.39. The van der Waals surface area contributed by atoms with Gasteiger partial charge in [-0.05, 0) is 37.1 Å². The number of aryl methyl sites for hydroxylation is 1. The molecule has 0 heterocycles. The second-order valence-electron chi connectivity index (χ2n) is 5.40. The van der Waals surface area contributed by atoms with E-state index in [1.54, 1.807) is 0 Å². The number of urea groups is 1. The van der Waals surface area contributed by atoms with Crippen LogP contribution < -0.4 is 15.4 Å². The van der Waals surface area contributed by atoms with Crippen molar-refractivity contribution in [1.82, 2.24) is 10.6 Å². The number of hydrogen-bond donors (Lipinski definition) is 2. The van der Waals surface area contributed by atoms with Gasteiger partial charge in [0.05, 0.1) is 12.6 Å². The van der Waals surface area contributed by atoms with Crippen LogP contribution in [0.3, 0.4) is 0 Å². The normalized spacial score (nSPS) is 11.7. The van der Waals surface area contributed by atoms with Crippen LogP contribution in [0.25, 0.3) is 0 Å². The zero-order chi connectivity index (χ0) is 17.5. The lowest BCUT2D eigenvalue weighted by molar-refractivity contribution is 0.233. The van der Waals surface area contributed by atoms with E-state index in [1.807, 2.05) is 38.1 Å². The van der Waals surface area contributed by atoms with E-state index >= 15 is 0 Å². The van der Waals surface area contributed by atoms with Crippen molar-refractivity contribution in [2.24, 2.45) is 0 Å². The van der Waals surface area contributed by atoms with E-state index in [4.69, 9.17) is 4.74 Å². The molecule has 2 N–H and O–H groups in total. The van der Waals surface area contributed by atoms with Crippen LogP contribution in [0.5, 0.6) is 5.75 Å². The highest BCUT2D eigenvalue weighted by molar-refractivity contribution is 5.74. The van der Waals surface area contributed by atoms with E-state index in [1.165, 1.54) is 6.07 Å². The van der Waals surface area contributed by atoms with E-state index in [0.717, 1.165) is 23.3 Å². The third-order valence-electron chi connectivity index (χ3n) is 3.54. The van der Waals surface area contributed by atoms with Gasteiger partial charge in [0.1, 0.15) is 12.4 Å². The monoisotopic (exact) mass is 334 g/mol. The fourth-order valence-corrected chi connectivity index (χ4v) is 2.32. The number of carbonyl (C=O) groups excluding carboxylic acids is 1. The lowest BCUT2D eigenvalue weighted by Gasteiger charge is -2.17. The molecule has 0 saturated carbocycles. The van der Waals surface area contributed by atoms with Crippen molar-refractivity contribution in [3.05, 3.63) is 65.2 Å². The molecule has 0 fully saturated rings. The first-order valence-electron chi connectivity index (χ1n) is 7.65. The molecular weight excluding hydrogens is 314 g/mol. The largest absolute Gasteiger partial charge is 0.489 e. The van der Waals surface area contributed by atoms with Crippen molar-refractivity contribution in [3.63, 3.8) is 0 Å². The lowest BCUT2D eigenvalue weighted by atomic mass is 10.0. The van der Waals surface area contributed by atoms with Gasteiger partial charge in [-0.25, -0.2) is 13.6 Å². The van der Waals surface area contributed by atoms with Crippen LogP contribution in [0.1, 0.15) is 24.1 Å². The van der Waals surface area contributed by atoms with Crippen LogP contribution >= 0.6 is 0 Å². The molecule has 0 aliphatic rings. The average molecular weight is 334 g/mol. The number of amides is 2. The first-order chi connectivity index (χ1) is 11.5. The molecule has 2 aromatic carbocycles. The Balaban J connectivity index is 1.74. The molecule has 24 heavy (non-hydrogen) atoms. The van der Waals surface area contributed by atoms with Crippen molar-refractivity contribution in [3.8, 4) is 5.75 Å². The summed E-state index contributed by atoms with van der Waals surface area (Å²) in [6.07, 6.45) is 0. The van der Waals surface area contributed by atoms with Crippen molar-refractivity contribution < 1.29 is 18.3 Å². The number of hydrogen-bond acceptors (Lipinski definition) is 2.